The van der Waals surface area contributed by atoms with Crippen LogP contribution in [0, 0.1) is 0 Å². The molecular formula is C12H20O2. The molecule has 14 heavy (non-hydrogen) atoms. The number of rotatable bonds is 7. The van der Waals surface area contributed by atoms with Gasteiger partial charge < -0.3 is 4.74 Å². The van der Waals surface area contributed by atoms with E-state index in [9.17, 15) is 4.79 Å². The molecule has 0 rings (SSSR count). The Morgan fingerprint density at radius 3 is 2.64 bits per heavy atom. The lowest BCUT2D eigenvalue weighted by Crippen LogP contribution is -1.92. The molecule has 0 aliphatic carbocycles. The van der Waals surface area contributed by atoms with Crippen LogP contribution in [0.25, 0.3) is 0 Å². The van der Waals surface area contributed by atoms with Gasteiger partial charge in [-0.2, -0.15) is 0 Å². The van der Waals surface area contributed by atoms with Crippen molar-refractivity contribution in [2.45, 2.75) is 45.4 Å². The summed E-state index contributed by atoms with van der Waals surface area (Å²) >= 11 is 0. The van der Waals surface area contributed by atoms with Gasteiger partial charge in [0.1, 0.15) is 0 Å². The molecule has 80 valence electrons. The van der Waals surface area contributed by atoms with Crippen molar-refractivity contribution in [3.63, 3.8) is 0 Å². The van der Waals surface area contributed by atoms with Crippen molar-refractivity contribution in [3.05, 3.63) is 17.9 Å². The molecule has 0 aromatic heterocycles. The summed E-state index contributed by atoms with van der Waals surface area (Å²) in [6, 6.07) is 0. The van der Waals surface area contributed by atoms with E-state index in [-0.39, 0.29) is 5.97 Å². The monoisotopic (exact) mass is 196 g/mol. The molecule has 0 aliphatic heterocycles. The Labute approximate surface area is 86.6 Å². The molecular weight excluding hydrogens is 176 g/mol. The van der Waals surface area contributed by atoms with E-state index in [1.807, 2.05) is 6.08 Å². The second kappa shape index (κ2) is 10.1. The van der Waals surface area contributed by atoms with E-state index < -0.39 is 0 Å². The largest absolute Gasteiger partial charge is 0.465 e. The van der Waals surface area contributed by atoms with E-state index in [4.69, 9.17) is 0 Å². The quantitative estimate of drug-likeness (QED) is 0.270. The van der Waals surface area contributed by atoms with Gasteiger partial charge in [0.15, 0.2) is 0 Å². The lowest BCUT2D eigenvalue weighted by Gasteiger charge is -1.94. The van der Waals surface area contributed by atoms with E-state index in [2.05, 4.69) is 17.4 Å². The van der Waals surface area contributed by atoms with Crippen molar-refractivity contribution in [1.82, 2.24) is 0 Å². The Kier molecular flexibility index (Phi) is 9.35. The molecule has 2 nitrogen and oxygen atoms in total. The molecule has 0 atom stereocenters. The highest BCUT2D eigenvalue weighted by atomic mass is 16.5. The highest BCUT2D eigenvalue weighted by Gasteiger charge is 1.87. The SMILES string of the molecule is CCCCCCCC=C=CC(=O)OC. The number of carbonyl (C=O) groups is 1. The molecule has 0 aromatic carbocycles. The summed E-state index contributed by atoms with van der Waals surface area (Å²) in [6.07, 6.45) is 10.6. The third-order valence-electron chi connectivity index (χ3n) is 1.97. The fourth-order valence-electron chi connectivity index (χ4n) is 1.12. The van der Waals surface area contributed by atoms with Crippen LogP contribution in [0.2, 0.25) is 0 Å². The molecule has 2 heteroatoms. The fourth-order valence-corrected chi connectivity index (χ4v) is 1.12. The molecule has 0 saturated heterocycles. The number of unbranched alkanes of at least 4 members (excludes halogenated alkanes) is 5. The van der Waals surface area contributed by atoms with Crippen molar-refractivity contribution in [2.75, 3.05) is 7.11 Å². The van der Waals surface area contributed by atoms with Crippen LogP contribution in [0.3, 0.4) is 0 Å². The summed E-state index contributed by atoms with van der Waals surface area (Å²) in [5.41, 5.74) is 2.80. The number of ether oxygens (including phenoxy) is 1. The summed E-state index contributed by atoms with van der Waals surface area (Å²) in [7, 11) is 1.37. The van der Waals surface area contributed by atoms with Crippen LogP contribution in [0.5, 0.6) is 0 Å². The van der Waals surface area contributed by atoms with Gasteiger partial charge in [-0.05, 0) is 18.9 Å². The number of hydrogen-bond acceptors (Lipinski definition) is 2. The lowest BCUT2D eigenvalue weighted by atomic mass is 10.1. The molecule has 0 N–H and O–H groups in total. The van der Waals surface area contributed by atoms with Gasteiger partial charge in [0.25, 0.3) is 0 Å². The van der Waals surface area contributed by atoms with E-state index >= 15 is 0 Å². The number of carbonyl (C=O) groups excluding carboxylic acids is 1. The van der Waals surface area contributed by atoms with Gasteiger partial charge in [0.2, 0.25) is 0 Å². The Bertz CT molecular complexity index is 200. The maximum atomic E-state index is 10.6. The van der Waals surface area contributed by atoms with Crippen molar-refractivity contribution >= 4 is 5.97 Å². The molecule has 0 heterocycles. The minimum absolute atomic E-state index is 0.341. The Balaban J connectivity index is 3.35. The summed E-state index contributed by atoms with van der Waals surface area (Å²) in [4.78, 5) is 10.6. The van der Waals surface area contributed by atoms with Gasteiger partial charge in [0, 0.05) is 0 Å². The van der Waals surface area contributed by atoms with Gasteiger partial charge in [-0.15, -0.1) is 5.73 Å². The maximum Gasteiger partial charge on any atom is 0.338 e. The second-order valence-corrected chi connectivity index (χ2v) is 3.24. The highest BCUT2D eigenvalue weighted by molar-refractivity contribution is 5.81. The van der Waals surface area contributed by atoms with E-state index in [0.717, 1.165) is 6.42 Å². The van der Waals surface area contributed by atoms with Crippen molar-refractivity contribution < 1.29 is 9.53 Å². The lowest BCUT2D eigenvalue weighted by molar-refractivity contribution is -0.134. The fraction of sp³-hybridized carbons (Fsp3) is 0.667. The number of methoxy groups -OCH3 is 1. The summed E-state index contributed by atoms with van der Waals surface area (Å²) in [5, 5.41) is 0. The molecule has 0 saturated carbocycles. The van der Waals surface area contributed by atoms with Crippen molar-refractivity contribution in [2.24, 2.45) is 0 Å². The molecule has 0 spiro atoms. The third kappa shape index (κ3) is 9.08. The maximum absolute atomic E-state index is 10.6. The minimum atomic E-state index is -0.341. The minimum Gasteiger partial charge on any atom is -0.465 e. The normalized spacial score (nSPS) is 9.00. The van der Waals surface area contributed by atoms with Crippen LogP contribution in [0.4, 0.5) is 0 Å². The van der Waals surface area contributed by atoms with Crippen LogP contribution < -0.4 is 0 Å². The van der Waals surface area contributed by atoms with E-state index in [1.54, 1.807) is 0 Å². The second-order valence-electron chi connectivity index (χ2n) is 3.24. The number of hydrogen-bond donors (Lipinski definition) is 0. The highest BCUT2D eigenvalue weighted by Crippen LogP contribution is 2.04. The van der Waals surface area contributed by atoms with Gasteiger partial charge in [-0.1, -0.05) is 32.6 Å². The zero-order chi connectivity index (χ0) is 10.6. The predicted octanol–water partition coefficient (Wildman–Crippen LogP) is 3.23. The van der Waals surface area contributed by atoms with Gasteiger partial charge in [0.05, 0.1) is 13.2 Å². The van der Waals surface area contributed by atoms with Crippen LogP contribution in [-0.2, 0) is 9.53 Å². The first-order chi connectivity index (χ1) is 6.81. The smallest absolute Gasteiger partial charge is 0.338 e. The molecule has 0 aliphatic rings. The number of esters is 1. The molecule has 0 aromatic rings. The first kappa shape index (κ1) is 13.0. The van der Waals surface area contributed by atoms with Gasteiger partial charge >= 0.3 is 5.97 Å². The summed E-state index contributed by atoms with van der Waals surface area (Å²) in [6.45, 7) is 2.21. The topological polar surface area (TPSA) is 26.3 Å². The van der Waals surface area contributed by atoms with Gasteiger partial charge in [-0.25, -0.2) is 4.79 Å². The third-order valence-corrected chi connectivity index (χ3v) is 1.97. The van der Waals surface area contributed by atoms with Crippen LogP contribution in [0.1, 0.15) is 45.4 Å². The zero-order valence-corrected chi connectivity index (χ0v) is 9.21. The van der Waals surface area contributed by atoms with Gasteiger partial charge in [-0.3, -0.25) is 0 Å². The molecule has 0 bridgehead atoms. The van der Waals surface area contributed by atoms with E-state index in [1.165, 1.54) is 45.3 Å². The first-order valence-corrected chi connectivity index (χ1v) is 5.30. The Morgan fingerprint density at radius 2 is 2.00 bits per heavy atom. The predicted molar refractivity (Wildman–Crippen MR) is 58.0 cm³/mol. The molecule has 0 amide bonds. The Morgan fingerprint density at radius 1 is 1.29 bits per heavy atom. The molecule has 0 unspecified atom stereocenters. The van der Waals surface area contributed by atoms with Crippen LogP contribution >= 0.6 is 0 Å². The average Bonchev–Trinajstić information content (AvgIpc) is 2.21. The van der Waals surface area contributed by atoms with Crippen LogP contribution in [0.15, 0.2) is 17.9 Å². The summed E-state index contributed by atoms with van der Waals surface area (Å²) < 4.78 is 4.43. The summed E-state index contributed by atoms with van der Waals surface area (Å²) in [5.74, 6) is -0.341. The average molecular weight is 196 g/mol. The zero-order valence-electron chi connectivity index (χ0n) is 9.21. The van der Waals surface area contributed by atoms with E-state index in [0.29, 0.717) is 0 Å². The first-order valence-electron chi connectivity index (χ1n) is 5.30. The van der Waals surface area contributed by atoms with Crippen molar-refractivity contribution in [1.29, 1.82) is 0 Å². The molecule has 0 fully saturated rings. The Hall–Kier alpha value is -1.01. The van der Waals surface area contributed by atoms with Crippen molar-refractivity contribution in [3.8, 4) is 0 Å². The van der Waals surface area contributed by atoms with Crippen LogP contribution in [-0.4, -0.2) is 13.1 Å². The molecule has 0 radical (unpaired) electrons. The standard InChI is InChI=1S/C12H20O2/c1-3-4-5-6-7-8-9-10-11-12(13)14-2/h9,11H,3-8H2,1-2H3.